The summed E-state index contributed by atoms with van der Waals surface area (Å²) in [6.45, 7) is 0. The topological polar surface area (TPSA) is 63.8 Å². The maximum absolute atomic E-state index is 5.61. The Hall–Kier alpha value is -1.66. The van der Waals surface area contributed by atoms with Crippen LogP contribution in [0.1, 0.15) is 0 Å². The summed E-state index contributed by atoms with van der Waals surface area (Å²) in [6.07, 6.45) is 1.65. The molecule has 0 spiro atoms. The molecule has 3 aromatic rings. The first-order chi connectivity index (χ1) is 7.81. The summed E-state index contributed by atoms with van der Waals surface area (Å²) in [5.74, 6) is 0. The Balaban J connectivity index is 1.94. The van der Waals surface area contributed by atoms with Crippen LogP contribution in [-0.2, 0) is 0 Å². The lowest BCUT2D eigenvalue weighted by atomic mass is 10.3. The van der Waals surface area contributed by atoms with Gasteiger partial charge in [0.25, 0.3) is 0 Å². The zero-order chi connectivity index (χ0) is 11.0. The molecule has 0 atom stereocenters. The number of fused-ring (bicyclic) bond motifs is 1. The molecule has 4 nitrogen and oxygen atoms in total. The van der Waals surface area contributed by atoms with Gasteiger partial charge in [-0.25, -0.2) is 9.97 Å². The van der Waals surface area contributed by atoms with Gasteiger partial charge >= 0.3 is 0 Å². The quantitative estimate of drug-likeness (QED) is 0.731. The highest BCUT2D eigenvalue weighted by Gasteiger charge is 2.02. The molecule has 0 aliphatic heterocycles. The molecule has 0 saturated heterocycles. The molecule has 2 heterocycles. The normalized spacial score (nSPS) is 10.8. The van der Waals surface area contributed by atoms with Gasteiger partial charge in [-0.1, -0.05) is 11.3 Å². The van der Waals surface area contributed by atoms with Gasteiger partial charge in [0.2, 0.25) is 0 Å². The van der Waals surface area contributed by atoms with Crippen LogP contribution in [0.25, 0.3) is 10.2 Å². The van der Waals surface area contributed by atoms with Gasteiger partial charge in [-0.2, -0.15) is 0 Å². The first-order valence-electron chi connectivity index (χ1n) is 4.63. The summed E-state index contributed by atoms with van der Waals surface area (Å²) < 4.78 is 1.16. The Bertz CT molecular complexity index is 628. The lowest BCUT2D eigenvalue weighted by molar-refractivity contribution is 1.39. The van der Waals surface area contributed by atoms with Gasteiger partial charge in [-0.15, -0.1) is 11.3 Å². The number of thiazole rings is 2. The van der Waals surface area contributed by atoms with Gasteiger partial charge < -0.3 is 11.1 Å². The number of hydrogen-bond donors (Lipinski definition) is 2. The third-order valence-electron chi connectivity index (χ3n) is 2.11. The van der Waals surface area contributed by atoms with E-state index in [1.807, 2.05) is 17.6 Å². The first-order valence-corrected chi connectivity index (χ1v) is 6.32. The third kappa shape index (κ3) is 1.72. The van der Waals surface area contributed by atoms with E-state index in [9.17, 15) is 0 Å². The van der Waals surface area contributed by atoms with Crippen LogP contribution in [0.15, 0.2) is 29.9 Å². The van der Waals surface area contributed by atoms with Crippen molar-refractivity contribution in [3.8, 4) is 0 Å². The number of aromatic nitrogens is 2. The Kier molecular flexibility index (Phi) is 2.23. The van der Waals surface area contributed by atoms with Crippen molar-refractivity contribution >= 4 is 48.7 Å². The molecule has 3 N–H and O–H groups in total. The standard InChI is InChI=1S/C10H8N4S2/c11-9-4-12-10(16-9)14-6-1-2-7-8(3-6)15-5-13-7/h1-5H,11H2,(H,12,14). The van der Waals surface area contributed by atoms with E-state index in [2.05, 4.69) is 21.4 Å². The third-order valence-corrected chi connectivity index (χ3v) is 3.64. The van der Waals surface area contributed by atoms with Gasteiger partial charge in [-0.05, 0) is 18.2 Å². The Morgan fingerprint density at radius 1 is 1.25 bits per heavy atom. The molecule has 3 rings (SSSR count). The van der Waals surface area contributed by atoms with Crippen LogP contribution in [0.4, 0.5) is 15.8 Å². The van der Waals surface area contributed by atoms with Crippen molar-refractivity contribution in [2.75, 3.05) is 11.1 Å². The predicted molar refractivity (Wildman–Crippen MR) is 69.4 cm³/mol. The monoisotopic (exact) mass is 248 g/mol. The van der Waals surface area contributed by atoms with E-state index >= 15 is 0 Å². The predicted octanol–water partition coefficient (Wildman–Crippen LogP) is 3.08. The fourth-order valence-corrected chi connectivity index (χ4v) is 2.72. The van der Waals surface area contributed by atoms with Gasteiger partial charge in [0.05, 0.1) is 21.9 Å². The average Bonchev–Trinajstić information content (AvgIpc) is 2.87. The zero-order valence-corrected chi connectivity index (χ0v) is 9.81. The Morgan fingerprint density at radius 2 is 2.19 bits per heavy atom. The van der Waals surface area contributed by atoms with Crippen molar-refractivity contribution in [2.24, 2.45) is 0 Å². The van der Waals surface area contributed by atoms with Crippen LogP contribution in [0.5, 0.6) is 0 Å². The summed E-state index contributed by atoms with van der Waals surface area (Å²) in [5, 5.41) is 4.73. The smallest absolute Gasteiger partial charge is 0.189 e. The van der Waals surface area contributed by atoms with Crippen molar-refractivity contribution in [2.45, 2.75) is 0 Å². The number of rotatable bonds is 2. The first kappa shape index (κ1) is 9.56. The van der Waals surface area contributed by atoms with Gasteiger partial charge in [0, 0.05) is 5.69 Å². The van der Waals surface area contributed by atoms with Crippen LogP contribution in [0.3, 0.4) is 0 Å². The molecule has 1 aromatic carbocycles. The summed E-state index contributed by atoms with van der Waals surface area (Å²) in [6, 6.07) is 6.04. The molecule has 0 fully saturated rings. The summed E-state index contributed by atoms with van der Waals surface area (Å²) in [4.78, 5) is 8.38. The maximum atomic E-state index is 5.61. The van der Waals surface area contributed by atoms with Crippen molar-refractivity contribution < 1.29 is 0 Å². The number of nitrogens with zero attached hydrogens (tertiary/aromatic N) is 2. The average molecular weight is 248 g/mol. The molecule has 0 unspecified atom stereocenters. The van der Waals surface area contributed by atoms with Crippen LogP contribution >= 0.6 is 22.7 Å². The van der Waals surface area contributed by atoms with Crippen molar-refractivity contribution in [3.63, 3.8) is 0 Å². The van der Waals surface area contributed by atoms with Crippen LogP contribution in [0, 0.1) is 0 Å². The van der Waals surface area contributed by atoms with E-state index in [1.165, 1.54) is 11.3 Å². The number of hydrogen-bond acceptors (Lipinski definition) is 6. The van der Waals surface area contributed by atoms with Gasteiger partial charge in [-0.3, -0.25) is 0 Å². The number of nitrogen functional groups attached to an aromatic ring is 1. The fraction of sp³-hybridized carbons (Fsp3) is 0. The van der Waals surface area contributed by atoms with E-state index in [-0.39, 0.29) is 0 Å². The van der Waals surface area contributed by atoms with Crippen LogP contribution in [0.2, 0.25) is 0 Å². The van der Waals surface area contributed by atoms with Crippen molar-refractivity contribution in [1.82, 2.24) is 9.97 Å². The minimum absolute atomic E-state index is 0.710. The Labute approximate surface area is 99.8 Å². The van der Waals surface area contributed by atoms with Crippen molar-refractivity contribution in [1.29, 1.82) is 0 Å². The van der Waals surface area contributed by atoms with E-state index < -0.39 is 0 Å². The Morgan fingerprint density at radius 3 is 3.00 bits per heavy atom. The number of anilines is 3. The molecule has 80 valence electrons. The SMILES string of the molecule is Nc1cnc(Nc2ccc3ncsc3c2)s1. The minimum Gasteiger partial charge on any atom is -0.389 e. The second-order valence-corrected chi connectivity index (χ2v) is 5.18. The molecule has 6 heteroatoms. The lowest BCUT2D eigenvalue weighted by Gasteiger charge is -2.01. The van der Waals surface area contributed by atoms with Crippen LogP contribution < -0.4 is 11.1 Å². The fourth-order valence-electron chi connectivity index (χ4n) is 1.40. The molecule has 2 aromatic heterocycles. The molecule has 0 amide bonds. The minimum atomic E-state index is 0.710. The summed E-state index contributed by atoms with van der Waals surface area (Å²) in [5.41, 5.74) is 9.49. The molecule has 0 radical (unpaired) electrons. The van der Waals surface area contributed by atoms with E-state index in [1.54, 1.807) is 17.5 Å². The maximum Gasteiger partial charge on any atom is 0.189 e. The molecule has 0 bridgehead atoms. The van der Waals surface area contributed by atoms with E-state index in [0.717, 1.165) is 21.0 Å². The number of benzene rings is 1. The van der Waals surface area contributed by atoms with E-state index in [4.69, 9.17) is 5.73 Å². The van der Waals surface area contributed by atoms with E-state index in [0.29, 0.717) is 5.00 Å². The van der Waals surface area contributed by atoms with Crippen LogP contribution in [-0.4, -0.2) is 9.97 Å². The highest BCUT2D eigenvalue weighted by atomic mass is 32.1. The number of nitrogens with two attached hydrogens (primary N) is 1. The lowest BCUT2D eigenvalue weighted by Crippen LogP contribution is -1.87. The zero-order valence-electron chi connectivity index (χ0n) is 8.18. The molecule has 16 heavy (non-hydrogen) atoms. The molecule has 0 aliphatic rings. The highest BCUT2D eigenvalue weighted by molar-refractivity contribution is 7.19. The molecule has 0 saturated carbocycles. The van der Waals surface area contributed by atoms with Gasteiger partial charge in [0.15, 0.2) is 5.13 Å². The molecule has 0 aliphatic carbocycles. The van der Waals surface area contributed by atoms with Crippen molar-refractivity contribution in [3.05, 3.63) is 29.9 Å². The summed E-state index contributed by atoms with van der Waals surface area (Å²) in [7, 11) is 0. The summed E-state index contributed by atoms with van der Waals surface area (Å²) >= 11 is 3.06. The second-order valence-electron chi connectivity index (χ2n) is 3.23. The number of nitrogens with one attached hydrogen (secondary N) is 1. The second kappa shape index (κ2) is 3.73. The van der Waals surface area contributed by atoms with Gasteiger partial charge in [0.1, 0.15) is 5.00 Å². The highest BCUT2D eigenvalue weighted by Crippen LogP contribution is 2.27. The molecular weight excluding hydrogens is 240 g/mol. The largest absolute Gasteiger partial charge is 0.389 e. The molecular formula is C10H8N4S2.